The van der Waals surface area contributed by atoms with Crippen molar-refractivity contribution in [1.29, 1.82) is 0 Å². The van der Waals surface area contributed by atoms with Gasteiger partial charge >= 0.3 is 0 Å². The van der Waals surface area contributed by atoms with E-state index in [-0.39, 0.29) is 4.65 Å². The van der Waals surface area contributed by atoms with Gasteiger partial charge in [-0.15, -0.1) is 0 Å². The first-order valence-electron chi connectivity index (χ1n) is 2.47. The lowest BCUT2D eigenvalue weighted by Gasteiger charge is -2.31. The first-order chi connectivity index (χ1) is 3.21. The molecule has 0 aromatic rings. The van der Waals surface area contributed by atoms with Crippen molar-refractivity contribution in [3.05, 3.63) is 5.21 Å². The molecule has 7 heavy (non-hydrogen) atoms. The van der Waals surface area contributed by atoms with Gasteiger partial charge in [-0.3, -0.25) is 5.32 Å². The van der Waals surface area contributed by atoms with Gasteiger partial charge in [-0.05, 0) is 0 Å². The third kappa shape index (κ3) is 1.12. The lowest BCUT2D eigenvalue weighted by Crippen LogP contribution is -2.35. The summed E-state index contributed by atoms with van der Waals surface area (Å²) in [6.07, 6.45) is 0. The van der Waals surface area contributed by atoms with Gasteiger partial charge < -0.3 is 9.85 Å². The molecule has 3 heteroatoms. The normalized spacial score (nSPS) is 42.0. The van der Waals surface area contributed by atoms with Crippen molar-refractivity contribution in [3.63, 3.8) is 0 Å². The third-order valence-corrected chi connectivity index (χ3v) is 1.21. The SMILES string of the molecule is C[N+]1([O-])CCNC1. The average Bonchev–Trinajstić information content (AvgIpc) is 1.84. The van der Waals surface area contributed by atoms with Gasteiger partial charge in [-0.1, -0.05) is 0 Å². The molecule has 1 N–H and O–H groups in total. The van der Waals surface area contributed by atoms with Crippen LogP contribution in [0, 0.1) is 5.21 Å². The highest BCUT2D eigenvalue weighted by Gasteiger charge is 2.14. The van der Waals surface area contributed by atoms with Crippen LogP contribution in [0.1, 0.15) is 0 Å². The first kappa shape index (κ1) is 5.03. The fourth-order valence-corrected chi connectivity index (χ4v) is 0.710. The van der Waals surface area contributed by atoms with Crippen molar-refractivity contribution in [1.82, 2.24) is 5.32 Å². The lowest BCUT2D eigenvalue weighted by molar-refractivity contribution is -0.848. The number of quaternary nitrogens is 1. The topological polar surface area (TPSA) is 35.1 Å². The zero-order valence-electron chi connectivity index (χ0n) is 4.48. The maximum Gasteiger partial charge on any atom is 0.132 e. The van der Waals surface area contributed by atoms with Crippen LogP contribution in [0.4, 0.5) is 0 Å². The monoisotopic (exact) mass is 102 g/mol. The van der Waals surface area contributed by atoms with Crippen LogP contribution in [0.25, 0.3) is 0 Å². The third-order valence-electron chi connectivity index (χ3n) is 1.21. The number of hydrogen-bond acceptors (Lipinski definition) is 2. The highest BCUT2D eigenvalue weighted by atomic mass is 16.5. The van der Waals surface area contributed by atoms with E-state index in [4.69, 9.17) is 0 Å². The minimum atomic E-state index is -0.111. The first-order valence-corrected chi connectivity index (χ1v) is 2.47. The van der Waals surface area contributed by atoms with Crippen LogP contribution in [0.2, 0.25) is 0 Å². The van der Waals surface area contributed by atoms with Gasteiger partial charge in [0.05, 0.1) is 20.1 Å². The lowest BCUT2D eigenvalue weighted by atomic mass is 10.6. The maximum atomic E-state index is 10.8. The standard InChI is InChI=1S/C4H10N2O/c1-6(7)3-2-5-4-6/h5H,2-4H2,1H3. The zero-order chi connectivity index (χ0) is 5.33. The predicted octanol–water partition coefficient (Wildman–Crippen LogP) is -0.509. The van der Waals surface area contributed by atoms with E-state index in [0.29, 0.717) is 6.67 Å². The summed E-state index contributed by atoms with van der Waals surface area (Å²) < 4.78 is -0.111. The summed E-state index contributed by atoms with van der Waals surface area (Å²) in [5.41, 5.74) is 0. The van der Waals surface area contributed by atoms with E-state index < -0.39 is 0 Å². The Bertz CT molecular complexity index is 64.1. The molecule has 0 saturated carbocycles. The van der Waals surface area contributed by atoms with Gasteiger partial charge in [0.15, 0.2) is 0 Å². The molecule has 42 valence electrons. The van der Waals surface area contributed by atoms with Crippen molar-refractivity contribution >= 4 is 0 Å². The van der Waals surface area contributed by atoms with Gasteiger partial charge in [-0.25, -0.2) is 0 Å². The largest absolute Gasteiger partial charge is 0.632 e. The zero-order valence-corrected chi connectivity index (χ0v) is 4.48. The van der Waals surface area contributed by atoms with Gasteiger partial charge in [0.2, 0.25) is 0 Å². The van der Waals surface area contributed by atoms with Crippen LogP contribution in [0.5, 0.6) is 0 Å². The molecule has 1 saturated heterocycles. The summed E-state index contributed by atoms with van der Waals surface area (Å²) >= 11 is 0. The summed E-state index contributed by atoms with van der Waals surface area (Å²) in [7, 11) is 1.68. The van der Waals surface area contributed by atoms with Crippen molar-refractivity contribution in [2.24, 2.45) is 0 Å². The minimum Gasteiger partial charge on any atom is -0.632 e. The molecule has 1 aliphatic rings. The number of nitrogens with zero attached hydrogens (tertiary/aromatic N) is 1. The van der Waals surface area contributed by atoms with Crippen LogP contribution in [0.3, 0.4) is 0 Å². The Morgan fingerprint density at radius 2 is 2.43 bits per heavy atom. The Morgan fingerprint density at radius 3 is 2.57 bits per heavy atom. The predicted molar refractivity (Wildman–Crippen MR) is 27.3 cm³/mol. The van der Waals surface area contributed by atoms with Gasteiger partial charge in [0.1, 0.15) is 6.67 Å². The smallest absolute Gasteiger partial charge is 0.132 e. The maximum absolute atomic E-state index is 10.8. The van der Waals surface area contributed by atoms with Gasteiger partial charge in [0.25, 0.3) is 0 Å². The quantitative estimate of drug-likeness (QED) is 0.330. The molecule has 0 amide bonds. The fourth-order valence-electron chi connectivity index (χ4n) is 0.710. The second-order valence-electron chi connectivity index (χ2n) is 2.18. The number of nitrogens with one attached hydrogen (secondary N) is 1. The molecule has 0 radical (unpaired) electrons. The molecule has 1 atom stereocenters. The van der Waals surface area contributed by atoms with E-state index in [9.17, 15) is 5.21 Å². The van der Waals surface area contributed by atoms with Gasteiger partial charge in [-0.2, -0.15) is 0 Å². The highest BCUT2D eigenvalue weighted by molar-refractivity contribution is 4.49. The summed E-state index contributed by atoms with van der Waals surface area (Å²) in [5, 5.41) is 13.8. The summed E-state index contributed by atoms with van der Waals surface area (Å²) in [4.78, 5) is 0. The van der Waals surface area contributed by atoms with Crippen LogP contribution < -0.4 is 5.32 Å². The number of hydrogen-bond donors (Lipinski definition) is 1. The second-order valence-corrected chi connectivity index (χ2v) is 2.18. The summed E-state index contributed by atoms with van der Waals surface area (Å²) in [6, 6.07) is 0. The number of rotatable bonds is 0. The molecule has 0 aromatic carbocycles. The summed E-state index contributed by atoms with van der Waals surface area (Å²) in [5.74, 6) is 0. The molecular formula is C4H10N2O. The molecule has 1 aliphatic heterocycles. The molecule has 3 nitrogen and oxygen atoms in total. The second kappa shape index (κ2) is 1.43. The Balaban J connectivity index is 2.40. The minimum absolute atomic E-state index is 0.111. The Kier molecular flexibility index (Phi) is 1.03. The average molecular weight is 102 g/mol. The Labute approximate surface area is 43.1 Å². The molecular weight excluding hydrogens is 92.1 g/mol. The number of hydroxylamine groups is 3. The molecule has 1 rings (SSSR count). The molecule has 0 bridgehead atoms. The Morgan fingerprint density at radius 1 is 1.71 bits per heavy atom. The van der Waals surface area contributed by atoms with Crippen molar-refractivity contribution in [2.75, 3.05) is 26.8 Å². The highest BCUT2D eigenvalue weighted by Crippen LogP contribution is 1.99. The van der Waals surface area contributed by atoms with E-state index >= 15 is 0 Å². The molecule has 0 aliphatic carbocycles. The summed E-state index contributed by atoms with van der Waals surface area (Å²) in [6.45, 7) is 2.18. The molecule has 0 spiro atoms. The van der Waals surface area contributed by atoms with Crippen LogP contribution >= 0.6 is 0 Å². The molecule has 1 fully saturated rings. The van der Waals surface area contributed by atoms with Crippen molar-refractivity contribution < 1.29 is 4.65 Å². The fraction of sp³-hybridized carbons (Fsp3) is 1.00. The van der Waals surface area contributed by atoms with Crippen molar-refractivity contribution in [2.45, 2.75) is 0 Å². The molecule has 1 unspecified atom stereocenters. The van der Waals surface area contributed by atoms with E-state index in [2.05, 4.69) is 5.32 Å². The van der Waals surface area contributed by atoms with Crippen LogP contribution in [0.15, 0.2) is 0 Å². The van der Waals surface area contributed by atoms with Crippen molar-refractivity contribution in [3.8, 4) is 0 Å². The van der Waals surface area contributed by atoms with Crippen LogP contribution in [-0.2, 0) is 0 Å². The van der Waals surface area contributed by atoms with E-state index in [1.165, 1.54) is 0 Å². The molecule has 1 heterocycles. The Hall–Kier alpha value is -0.120. The van der Waals surface area contributed by atoms with E-state index in [1.807, 2.05) is 0 Å². The van der Waals surface area contributed by atoms with E-state index in [0.717, 1.165) is 13.1 Å². The van der Waals surface area contributed by atoms with E-state index in [1.54, 1.807) is 7.05 Å². The van der Waals surface area contributed by atoms with Gasteiger partial charge in [0, 0.05) is 0 Å². The molecule has 0 aromatic heterocycles. The van der Waals surface area contributed by atoms with Crippen LogP contribution in [-0.4, -0.2) is 31.5 Å². The number of likely N-dealkylation sites (N-methyl/N-ethyl adjacent to an activating group) is 1.